The minimum absolute atomic E-state index is 0.0701. The highest BCUT2D eigenvalue weighted by Gasteiger charge is 2.24. The molecule has 8 nitrogen and oxygen atoms in total. The lowest BCUT2D eigenvalue weighted by Crippen LogP contribution is -2.11. The number of nitrogens with two attached hydrogens (primary N) is 1. The van der Waals surface area contributed by atoms with Crippen molar-refractivity contribution in [3.63, 3.8) is 0 Å². The summed E-state index contributed by atoms with van der Waals surface area (Å²) in [6.45, 7) is 7.49. The van der Waals surface area contributed by atoms with Crippen LogP contribution in [0.2, 0.25) is 5.02 Å². The molecule has 0 saturated carbocycles. The highest BCUT2D eigenvalue weighted by atomic mass is 35.5. The third kappa shape index (κ3) is 4.77. The molecule has 3 heterocycles. The van der Waals surface area contributed by atoms with Crippen LogP contribution in [0.4, 0.5) is 10.2 Å². The highest BCUT2D eigenvalue weighted by Crippen LogP contribution is 2.41. The van der Waals surface area contributed by atoms with Crippen molar-refractivity contribution in [3.8, 4) is 16.9 Å². The fraction of sp³-hybridized carbons (Fsp3) is 0.280. The predicted molar refractivity (Wildman–Crippen MR) is 131 cm³/mol. The van der Waals surface area contributed by atoms with Gasteiger partial charge in [0.25, 0.3) is 0 Å². The first kappa shape index (κ1) is 24.4. The third-order valence-corrected chi connectivity index (χ3v) is 5.59. The van der Waals surface area contributed by atoms with Crippen LogP contribution in [0.5, 0.6) is 5.75 Å². The van der Waals surface area contributed by atoms with Crippen molar-refractivity contribution >= 4 is 28.9 Å². The molecule has 0 atom stereocenters. The van der Waals surface area contributed by atoms with Gasteiger partial charge in [-0.1, -0.05) is 17.7 Å². The van der Waals surface area contributed by atoms with E-state index in [4.69, 9.17) is 26.8 Å². The normalized spacial score (nSPS) is 11.3. The van der Waals surface area contributed by atoms with Crippen molar-refractivity contribution in [2.24, 2.45) is 0 Å². The summed E-state index contributed by atoms with van der Waals surface area (Å²) < 4.78 is 28.4. The number of carbonyl (C=O) groups excluding carboxylic acids is 1. The summed E-state index contributed by atoms with van der Waals surface area (Å²) in [5.41, 5.74) is 8.81. The molecule has 0 amide bonds. The highest BCUT2D eigenvalue weighted by molar-refractivity contribution is 6.31. The van der Waals surface area contributed by atoms with Gasteiger partial charge in [0.1, 0.15) is 28.6 Å². The molecule has 1 aromatic carbocycles. The molecule has 4 rings (SSSR count). The molecule has 3 aromatic heterocycles. The van der Waals surface area contributed by atoms with Gasteiger partial charge in [0.2, 0.25) is 0 Å². The van der Waals surface area contributed by atoms with Gasteiger partial charge in [0.05, 0.1) is 29.0 Å². The van der Waals surface area contributed by atoms with Crippen molar-refractivity contribution in [1.82, 2.24) is 19.4 Å². The van der Waals surface area contributed by atoms with Crippen molar-refractivity contribution in [1.29, 1.82) is 0 Å². The van der Waals surface area contributed by atoms with Gasteiger partial charge in [-0.2, -0.15) is 0 Å². The van der Waals surface area contributed by atoms with E-state index < -0.39 is 11.8 Å². The van der Waals surface area contributed by atoms with Crippen LogP contribution in [0.25, 0.3) is 16.6 Å². The van der Waals surface area contributed by atoms with Crippen molar-refractivity contribution in [2.45, 2.75) is 40.2 Å². The summed E-state index contributed by atoms with van der Waals surface area (Å²) in [5, 5.41) is -0.0701. The Morgan fingerprint density at radius 2 is 2.06 bits per heavy atom. The molecule has 0 aliphatic heterocycles. The maximum atomic E-state index is 15.4. The first-order valence-electron chi connectivity index (χ1n) is 11.1. The van der Waals surface area contributed by atoms with E-state index in [-0.39, 0.29) is 29.0 Å². The van der Waals surface area contributed by atoms with Crippen LogP contribution in [0.3, 0.4) is 0 Å². The van der Waals surface area contributed by atoms with Gasteiger partial charge in [0.15, 0.2) is 5.82 Å². The van der Waals surface area contributed by atoms with Crippen LogP contribution >= 0.6 is 11.6 Å². The number of fused-ring (bicyclic) bond motifs is 1. The first-order chi connectivity index (χ1) is 16.7. The van der Waals surface area contributed by atoms with Crippen molar-refractivity contribution in [3.05, 3.63) is 70.4 Å². The maximum absolute atomic E-state index is 15.4. The standard InChI is InChI=1S/C25H25ClFN5O3/c1-5-34-25(33)18-7-6-15(12-30-18)20-21(27)17(26)10-16(23(20)35-13(2)3)11-19-31-14(4)22-24(28)29-8-9-32(19)22/h6-10,12-13H,5,11H2,1-4H3,(H2,28,29). The van der Waals surface area contributed by atoms with E-state index in [1.807, 2.05) is 25.2 Å². The number of pyridine rings is 1. The van der Waals surface area contributed by atoms with Gasteiger partial charge in [-0.25, -0.2) is 24.1 Å². The molecule has 0 spiro atoms. The van der Waals surface area contributed by atoms with Crippen LogP contribution in [0.1, 0.15) is 48.3 Å². The molecule has 2 N–H and O–H groups in total. The number of rotatable bonds is 7. The minimum Gasteiger partial charge on any atom is -0.490 e. The lowest BCUT2D eigenvalue weighted by atomic mass is 9.99. The van der Waals surface area contributed by atoms with E-state index >= 15 is 4.39 Å². The van der Waals surface area contributed by atoms with E-state index in [1.54, 1.807) is 31.5 Å². The Hall–Kier alpha value is -3.72. The molecule has 182 valence electrons. The van der Waals surface area contributed by atoms with Gasteiger partial charge < -0.3 is 15.2 Å². The minimum atomic E-state index is -0.644. The zero-order chi connectivity index (χ0) is 25.3. The predicted octanol–water partition coefficient (Wildman–Crippen LogP) is 5.03. The second-order valence-electron chi connectivity index (χ2n) is 8.18. The number of hydrogen-bond donors (Lipinski definition) is 1. The van der Waals surface area contributed by atoms with E-state index in [1.165, 1.54) is 12.3 Å². The summed E-state index contributed by atoms with van der Waals surface area (Å²) in [5.74, 6) is 0.163. The smallest absolute Gasteiger partial charge is 0.356 e. The average molecular weight is 498 g/mol. The number of esters is 1. The van der Waals surface area contributed by atoms with Crippen molar-refractivity contribution < 1.29 is 18.7 Å². The van der Waals surface area contributed by atoms with Gasteiger partial charge >= 0.3 is 5.97 Å². The average Bonchev–Trinajstić information content (AvgIpc) is 3.13. The largest absolute Gasteiger partial charge is 0.490 e. The van der Waals surface area contributed by atoms with E-state index in [2.05, 4.69) is 15.0 Å². The zero-order valence-corrected chi connectivity index (χ0v) is 20.6. The summed E-state index contributed by atoms with van der Waals surface area (Å²) in [6.07, 6.45) is 4.81. The van der Waals surface area contributed by atoms with Gasteiger partial charge in [-0.05, 0) is 39.8 Å². The van der Waals surface area contributed by atoms with E-state index in [0.717, 1.165) is 5.69 Å². The number of halogens is 2. The number of aryl methyl sites for hydroxylation is 1. The van der Waals surface area contributed by atoms with Crippen molar-refractivity contribution in [2.75, 3.05) is 12.3 Å². The molecule has 35 heavy (non-hydrogen) atoms. The number of nitrogens with zero attached hydrogens (tertiary/aromatic N) is 4. The molecular formula is C25H25ClFN5O3. The van der Waals surface area contributed by atoms with Crippen LogP contribution < -0.4 is 10.5 Å². The first-order valence-corrected chi connectivity index (χ1v) is 11.5. The molecule has 0 radical (unpaired) electrons. The van der Waals surface area contributed by atoms with Gasteiger partial charge in [-0.15, -0.1) is 0 Å². The Labute approximate surface area is 206 Å². The molecule has 0 fully saturated rings. The maximum Gasteiger partial charge on any atom is 0.356 e. The molecule has 0 aliphatic carbocycles. The Kier molecular flexibility index (Phi) is 6.88. The quantitative estimate of drug-likeness (QED) is 0.357. The Morgan fingerprint density at radius 3 is 2.71 bits per heavy atom. The SMILES string of the molecule is CCOC(=O)c1ccc(-c2c(F)c(Cl)cc(Cc3nc(C)c4c(N)nccn34)c2OC(C)C)cn1. The number of ether oxygens (including phenoxy) is 2. The summed E-state index contributed by atoms with van der Waals surface area (Å²) in [6, 6.07) is 4.61. The molecule has 0 saturated heterocycles. The van der Waals surface area contributed by atoms with Gasteiger partial charge in [0, 0.05) is 36.1 Å². The number of carbonyl (C=O) groups is 1. The van der Waals surface area contributed by atoms with Crippen LogP contribution in [-0.4, -0.2) is 38.0 Å². The summed E-state index contributed by atoms with van der Waals surface area (Å²) >= 11 is 6.33. The molecular weight excluding hydrogens is 473 g/mol. The van der Waals surface area contributed by atoms with Crippen LogP contribution in [0, 0.1) is 12.7 Å². The molecule has 4 aromatic rings. The Bertz CT molecular complexity index is 1400. The molecule has 10 heteroatoms. The number of aromatic nitrogens is 4. The van der Waals surface area contributed by atoms with Gasteiger partial charge in [-0.3, -0.25) is 4.40 Å². The fourth-order valence-electron chi connectivity index (χ4n) is 3.90. The van der Waals surface area contributed by atoms with E-state index in [9.17, 15) is 4.79 Å². The lowest BCUT2D eigenvalue weighted by Gasteiger charge is -2.20. The topological polar surface area (TPSA) is 105 Å². The zero-order valence-electron chi connectivity index (χ0n) is 19.8. The van der Waals surface area contributed by atoms with Crippen LogP contribution in [0.15, 0.2) is 36.8 Å². The van der Waals surface area contributed by atoms with E-state index in [0.29, 0.717) is 40.5 Å². The third-order valence-electron chi connectivity index (χ3n) is 5.32. The summed E-state index contributed by atoms with van der Waals surface area (Å²) in [4.78, 5) is 24.9. The number of anilines is 1. The number of hydrogen-bond acceptors (Lipinski definition) is 7. The molecule has 0 unspecified atom stereocenters. The summed E-state index contributed by atoms with van der Waals surface area (Å²) in [7, 11) is 0. The second-order valence-corrected chi connectivity index (χ2v) is 8.58. The second kappa shape index (κ2) is 9.87. The number of benzene rings is 1. The monoisotopic (exact) mass is 497 g/mol. The Balaban J connectivity index is 1.86. The fourth-order valence-corrected chi connectivity index (χ4v) is 4.12. The molecule has 0 aliphatic rings. The Morgan fingerprint density at radius 1 is 1.29 bits per heavy atom. The number of imidazole rings is 1. The number of nitrogen functional groups attached to an aromatic ring is 1. The van der Waals surface area contributed by atoms with Crippen LogP contribution in [-0.2, 0) is 11.2 Å². The lowest BCUT2D eigenvalue weighted by molar-refractivity contribution is 0.0519. The molecule has 0 bridgehead atoms.